The van der Waals surface area contributed by atoms with Gasteiger partial charge in [-0.25, -0.2) is 0 Å². The Balaban J connectivity index is 2.11. The molecule has 2 rings (SSSR count). The molecule has 0 saturated carbocycles. The van der Waals surface area contributed by atoms with Gasteiger partial charge in [0, 0.05) is 38.4 Å². The van der Waals surface area contributed by atoms with Crippen molar-refractivity contribution in [2.24, 2.45) is 10.9 Å². The normalized spacial score (nSPS) is 22.1. The van der Waals surface area contributed by atoms with E-state index in [1.54, 1.807) is 6.20 Å². The van der Waals surface area contributed by atoms with Crippen LogP contribution in [-0.4, -0.2) is 58.6 Å². The minimum Gasteiger partial charge on any atom is -0.409 e. The number of hydrogen-bond acceptors (Lipinski definition) is 5. The Morgan fingerprint density at radius 1 is 1.55 bits per heavy atom. The summed E-state index contributed by atoms with van der Waals surface area (Å²) in [5.41, 5.74) is 7.26. The van der Waals surface area contributed by atoms with Crippen LogP contribution < -0.4 is 5.73 Å². The molecule has 6 nitrogen and oxygen atoms in total. The van der Waals surface area contributed by atoms with Gasteiger partial charge < -0.3 is 15.8 Å². The van der Waals surface area contributed by atoms with Gasteiger partial charge >= 0.3 is 0 Å². The van der Waals surface area contributed by atoms with Gasteiger partial charge in [0.1, 0.15) is 5.69 Å². The summed E-state index contributed by atoms with van der Waals surface area (Å²) in [6.07, 6.45) is 2.81. The maximum atomic E-state index is 8.84. The van der Waals surface area contributed by atoms with Crippen molar-refractivity contribution in [3.8, 4) is 0 Å². The Bertz CT molecular complexity index is 476. The van der Waals surface area contributed by atoms with Crippen LogP contribution in [0.1, 0.15) is 24.6 Å². The van der Waals surface area contributed by atoms with Crippen LogP contribution in [0.2, 0.25) is 0 Å². The number of hydrogen-bond donors (Lipinski definition) is 2. The van der Waals surface area contributed by atoms with E-state index >= 15 is 0 Å². The molecule has 0 amide bonds. The second-order valence-corrected chi connectivity index (χ2v) is 5.27. The summed E-state index contributed by atoms with van der Waals surface area (Å²) in [5, 5.41) is 11.9. The minimum atomic E-state index is 0.0711. The van der Waals surface area contributed by atoms with E-state index in [2.05, 4.69) is 33.9 Å². The molecule has 0 radical (unpaired) electrons. The topological polar surface area (TPSA) is 78.0 Å². The number of aromatic nitrogens is 1. The van der Waals surface area contributed by atoms with Crippen LogP contribution in [0.3, 0.4) is 0 Å². The highest BCUT2D eigenvalue weighted by Crippen LogP contribution is 2.15. The molecule has 1 unspecified atom stereocenters. The molecule has 1 aliphatic rings. The van der Waals surface area contributed by atoms with Gasteiger partial charge in [0.15, 0.2) is 5.84 Å². The molecule has 1 fully saturated rings. The van der Waals surface area contributed by atoms with Crippen molar-refractivity contribution in [2.75, 3.05) is 26.7 Å². The Kier molecular flexibility index (Phi) is 4.92. The SMILES string of the molecule is CCC1CN(Cc2cccnc2C(N)=NO)CCN1C. The summed E-state index contributed by atoms with van der Waals surface area (Å²) < 4.78 is 0. The summed E-state index contributed by atoms with van der Waals surface area (Å²) in [6, 6.07) is 4.46. The third-order valence-corrected chi connectivity index (χ3v) is 3.97. The first-order valence-electron chi connectivity index (χ1n) is 7.00. The first-order chi connectivity index (χ1) is 9.65. The van der Waals surface area contributed by atoms with Crippen LogP contribution in [0.15, 0.2) is 23.5 Å². The van der Waals surface area contributed by atoms with E-state index in [4.69, 9.17) is 10.9 Å². The third-order valence-electron chi connectivity index (χ3n) is 3.97. The van der Waals surface area contributed by atoms with Gasteiger partial charge in [-0.3, -0.25) is 9.88 Å². The van der Waals surface area contributed by atoms with Crippen molar-refractivity contribution in [3.05, 3.63) is 29.6 Å². The average Bonchev–Trinajstić information content (AvgIpc) is 2.49. The molecule has 1 aromatic rings. The Morgan fingerprint density at radius 3 is 3.05 bits per heavy atom. The molecule has 110 valence electrons. The average molecular weight is 277 g/mol. The zero-order valence-electron chi connectivity index (χ0n) is 12.2. The van der Waals surface area contributed by atoms with E-state index in [0.29, 0.717) is 11.7 Å². The fourth-order valence-corrected chi connectivity index (χ4v) is 2.68. The Morgan fingerprint density at radius 2 is 2.35 bits per heavy atom. The number of oxime groups is 1. The summed E-state index contributed by atoms with van der Waals surface area (Å²) in [4.78, 5) is 9.03. The number of nitrogens with zero attached hydrogens (tertiary/aromatic N) is 4. The molecule has 0 aromatic carbocycles. The predicted molar refractivity (Wildman–Crippen MR) is 78.7 cm³/mol. The van der Waals surface area contributed by atoms with Crippen LogP contribution in [0, 0.1) is 0 Å². The van der Waals surface area contributed by atoms with Crippen LogP contribution in [0.4, 0.5) is 0 Å². The molecule has 0 bridgehead atoms. The monoisotopic (exact) mass is 277 g/mol. The van der Waals surface area contributed by atoms with Crippen molar-refractivity contribution in [3.63, 3.8) is 0 Å². The van der Waals surface area contributed by atoms with Gasteiger partial charge in [-0.15, -0.1) is 0 Å². The quantitative estimate of drug-likeness (QED) is 0.367. The van der Waals surface area contributed by atoms with Gasteiger partial charge in [0.2, 0.25) is 0 Å². The number of likely N-dealkylation sites (N-methyl/N-ethyl adjacent to an activating group) is 1. The van der Waals surface area contributed by atoms with Crippen molar-refractivity contribution in [1.29, 1.82) is 0 Å². The largest absolute Gasteiger partial charge is 0.409 e. The second-order valence-electron chi connectivity index (χ2n) is 5.27. The number of piperazine rings is 1. The fourth-order valence-electron chi connectivity index (χ4n) is 2.68. The molecule has 6 heteroatoms. The van der Waals surface area contributed by atoms with Gasteiger partial charge in [-0.05, 0) is 25.1 Å². The molecule has 20 heavy (non-hydrogen) atoms. The zero-order chi connectivity index (χ0) is 14.5. The first kappa shape index (κ1) is 14.7. The standard InChI is InChI=1S/C14H23N5O/c1-3-12-10-19(8-7-18(12)2)9-11-5-4-6-16-13(11)14(15)17-20/h4-6,12,20H,3,7-10H2,1-2H3,(H2,15,17). The van der Waals surface area contributed by atoms with Crippen LogP contribution >= 0.6 is 0 Å². The maximum Gasteiger partial charge on any atom is 0.189 e. The predicted octanol–water partition coefficient (Wildman–Crippen LogP) is 0.702. The molecular weight excluding hydrogens is 254 g/mol. The lowest BCUT2D eigenvalue weighted by Gasteiger charge is -2.39. The van der Waals surface area contributed by atoms with Crippen LogP contribution in [-0.2, 0) is 6.54 Å². The number of nitrogens with two attached hydrogens (primary N) is 1. The van der Waals surface area contributed by atoms with E-state index in [1.165, 1.54) is 0 Å². The lowest BCUT2D eigenvalue weighted by molar-refractivity contribution is 0.0882. The third kappa shape index (κ3) is 3.26. The Labute approximate surface area is 119 Å². The molecule has 2 heterocycles. The van der Waals surface area contributed by atoms with Crippen LogP contribution in [0.5, 0.6) is 0 Å². The lowest BCUT2D eigenvalue weighted by atomic mass is 10.1. The van der Waals surface area contributed by atoms with Gasteiger partial charge in [-0.2, -0.15) is 0 Å². The zero-order valence-corrected chi connectivity index (χ0v) is 12.2. The van der Waals surface area contributed by atoms with Crippen LogP contribution in [0.25, 0.3) is 0 Å². The van der Waals surface area contributed by atoms with Gasteiger partial charge in [0.25, 0.3) is 0 Å². The van der Waals surface area contributed by atoms with Crippen molar-refractivity contribution >= 4 is 5.84 Å². The van der Waals surface area contributed by atoms with Gasteiger partial charge in [0.05, 0.1) is 0 Å². The van der Waals surface area contributed by atoms with E-state index in [1.807, 2.05) is 12.1 Å². The van der Waals surface area contributed by atoms with Crippen molar-refractivity contribution in [1.82, 2.24) is 14.8 Å². The molecule has 1 aliphatic heterocycles. The molecule has 1 saturated heterocycles. The van der Waals surface area contributed by atoms with Crippen molar-refractivity contribution in [2.45, 2.75) is 25.9 Å². The Hall–Kier alpha value is -1.66. The van der Waals surface area contributed by atoms with Crippen molar-refractivity contribution < 1.29 is 5.21 Å². The highest BCUT2D eigenvalue weighted by Gasteiger charge is 2.23. The number of rotatable bonds is 4. The smallest absolute Gasteiger partial charge is 0.189 e. The van der Waals surface area contributed by atoms with E-state index < -0.39 is 0 Å². The molecule has 0 aliphatic carbocycles. The van der Waals surface area contributed by atoms with E-state index in [0.717, 1.165) is 38.2 Å². The second kappa shape index (κ2) is 6.67. The molecule has 0 spiro atoms. The summed E-state index contributed by atoms with van der Waals surface area (Å²) in [5.74, 6) is 0.0711. The highest BCUT2D eigenvalue weighted by molar-refractivity contribution is 5.96. The molecule has 1 atom stereocenters. The first-order valence-corrected chi connectivity index (χ1v) is 7.00. The lowest BCUT2D eigenvalue weighted by Crippen LogP contribution is -2.50. The number of pyridine rings is 1. The van der Waals surface area contributed by atoms with E-state index in [-0.39, 0.29) is 5.84 Å². The summed E-state index contributed by atoms with van der Waals surface area (Å²) in [7, 11) is 2.18. The molecule has 1 aromatic heterocycles. The number of amidine groups is 1. The molecule has 3 N–H and O–H groups in total. The maximum absolute atomic E-state index is 8.84. The summed E-state index contributed by atoms with van der Waals surface area (Å²) >= 11 is 0. The van der Waals surface area contributed by atoms with Gasteiger partial charge in [-0.1, -0.05) is 18.1 Å². The molecular formula is C14H23N5O. The fraction of sp³-hybridized carbons (Fsp3) is 0.571. The summed E-state index contributed by atoms with van der Waals surface area (Å²) in [6.45, 7) is 6.13. The minimum absolute atomic E-state index is 0.0711. The van der Waals surface area contributed by atoms with E-state index in [9.17, 15) is 0 Å². The highest BCUT2D eigenvalue weighted by atomic mass is 16.4.